The zero-order valence-corrected chi connectivity index (χ0v) is 19.3. The minimum absolute atomic E-state index is 0.000575. The molecule has 1 amide bonds. The lowest BCUT2D eigenvalue weighted by Gasteiger charge is -2.18. The molecule has 0 saturated carbocycles. The molecule has 2 aromatic rings. The van der Waals surface area contributed by atoms with Gasteiger partial charge in [-0.05, 0) is 70.5 Å². The number of hydrogen-bond donors (Lipinski definition) is 3. The summed E-state index contributed by atoms with van der Waals surface area (Å²) in [5.41, 5.74) is 0.395. The summed E-state index contributed by atoms with van der Waals surface area (Å²) in [5, 5.41) is 11.0. The lowest BCUT2D eigenvalue weighted by Crippen LogP contribution is -2.30. The highest BCUT2D eigenvalue weighted by molar-refractivity contribution is 7.92. The predicted molar refractivity (Wildman–Crippen MR) is 118 cm³/mol. The van der Waals surface area contributed by atoms with Gasteiger partial charge in [-0.1, -0.05) is 11.6 Å². The molecule has 32 heavy (non-hydrogen) atoms. The summed E-state index contributed by atoms with van der Waals surface area (Å²) < 4.78 is 33.6. The molecule has 10 heteroatoms. The predicted octanol–water partition coefficient (Wildman–Crippen LogP) is 2.87. The Morgan fingerprint density at radius 2 is 1.69 bits per heavy atom. The number of hydrogen-bond acceptors (Lipinski definition) is 6. The lowest BCUT2D eigenvalue weighted by molar-refractivity contribution is -0.143. The quantitative estimate of drug-likeness (QED) is 0.425. The van der Waals surface area contributed by atoms with E-state index < -0.39 is 39.8 Å². The van der Waals surface area contributed by atoms with Gasteiger partial charge in [-0.15, -0.1) is 0 Å². The molecule has 3 N–H and O–H groups in total. The molecule has 0 aliphatic carbocycles. The fourth-order valence-corrected chi connectivity index (χ4v) is 3.71. The SMILES string of the molecule is Cc1ccc(NS(=O)(=O)c2ccc(OC(=O)C(C)(C)C)c(C)c2)c(C(=O)NCC(=O)O)c1. The summed E-state index contributed by atoms with van der Waals surface area (Å²) in [4.78, 5) is 35.1. The van der Waals surface area contributed by atoms with Crippen LogP contribution in [0.2, 0.25) is 0 Å². The Labute approximate surface area is 186 Å². The second-order valence-electron chi connectivity index (χ2n) is 8.30. The van der Waals surface area contributed by atoms with Crippen molar-refractivity contribution in [1.82, 2.24) is 5.32 Å². The van der Waals surface area contributed by atoms with Gasteiger partial charge in [0.15, 0.2) is 0 Å². The van der Waals surface area contributed by atoms with E-state index in [4.69, 9.17) is 9.84 Å². The highest BCUT2D eigenvalue weighted by Gasteiger charge is 2.25. The van der Waals surface area contributed by atoms with Crippen LogP contribution in [-0.4, -0.2) is 37.9 Å². The van der Waals surface area contributed by atoms with Gasteiger partial charge in [-0.25, -0.2) is 8.42 Å². The molecular weight excluding hydrogens is 436 g/mol. The molecular formula is C22H26N2O7S. The highest BCUT2D eigenvalue weighted by atomic mass is 32.2. The minimum atomic E-state index is -4.10. The van der Waals surface area contributed by atoms with Crippen LogP contribution in [0.15, 0.2) is 41.3 Å². The number of rotatable bonds is 7. The van der Waals surface area contributed by atoms with Gasteiger partial charge in [0.2, 0.25) is 0 Å². The molecule has 9 nitrogen and oxygen atoms in total. The number of esters is 1. The van der Waals surface area contributed by atoms with E-state index in [0.717, 1.165) is 0 Å². The maximum Gasteiger partial charge on any atom is 0.322 e. The van der Waals surface area contributed by atoms with E-state index in [1.807, 2.05) is 0 Å². The van der Waals surface area contributed by atoms with Gasteiger partial charge in [0.25, 0.3) is 15.9 Å². The molecule has 0 heterocycles. The Bertz CT molecular complexity index is 1170. The van der Waals surface area contributed by atoms with Crippen molar-refractivity contribution in [3.05, 3.63) is 53.1 Å². The van der Waals surface area contributed by atoms with Gasteiger partial charge < -0.3 is 15.2 Å². The number of anilines is 1. The molecule has 2 aromatic carbocycles. The smallest absolute Gasteiger partial charge is 0.322 e. The average Bonchev–Trinajstić information content (AvgIpc) is 2.67. The Hall–Kier alpha value is -3.40. The van der Waals surface area contributed by atoms with Crippen molar-refractivity contribution in [2.24, 2.45) is 5.41 Å². The first kappa shape index (κ1) is 24.9. The maximum atomic E-state index is 12.9. The Morgan fingerprint density at radius 3 is 2.25 bits per heavy atom. The van der Waals surface area contributed by atoms with Crippen molar-refractivity contribution < 1.29 is 32.6 Å². The van der Waals surface area contributed by atoms with E-state index in [2.05, 4.69) is 10.0 Å². The van der Waals surface area contributed by atoms with Gasteiger partial charge in [-0.3, -0.25) is 19.1 Å². The van der Waals surface area contributed by atoms with Crippen molar-refractivity contribution >= 4 is 33.6 Å². The molecule has 0 saturated heterocycles. The van der Waals surface area contributed by atoms with E-state index >= 15 is 0 Å². The average molecular weight is 463 g/mol. The summed E-state index contributed by atoms with van der Waals surface area (Å²) in [6, 6.07) is 8.53. The van der Waals surface area contributed by atoms with Crippen molar-refractivity contribution in [2.75, 3.05) is 11.3 Å². The molecule has 2 rings (SSSR count). The van der Waals surface area contributed by atoms with Gasteiger partial charge in [0, 0.05) is 0 Å². The minimum Gasteiger partial charge on any atom is -0.480 e. The number of amides is 1. The number of aliphatic carboxylic acids is 1. The van der Waals surface area contributed by atoms with Crippen molar-refractivity contribution in [3.63, 3.8) is 0 Å². The Morgan fingerprint density at radius 1 is 1.03 bits per heavy atom. The number of carboxylic acid groups (broad SMARTS) is 1. The second kappa shape index (κ2) is 9.39. The molecule has 172 valence electrons. The van der Waals surface area contributed by atoms with Gasteiger partial charge >= 0.3 is 11.9 Å². The number of benzene rings is 2. The van der Waals surface area contributed by atoms with E-state index in [1.54, 1.807) is 40.7 Å². The van der Waals surface area contributed by atoms with Crippen molar-refractivity contribution in [3.8, 4) is 5.75 Å². The van der Waals surface area contributed by atoms with E-state index in [1.165, 1.54) is 30.3 Å². The summed E-state index contributed by atoms with van der Waals surface area (Å²) in [7, 11) is -4.10. The first-order valence-corrected chi connectivity index (χ1v) is 11.2. The maximum absolute atomic E-state index is 12.9. The largest absolute Gasteiger partial charge is 0.480 e. The van der Waals surface area contributed by atoms with Gasteiger partial charge in [-0.2, -0.15) is 0 Å². The summed E-state index contributed by atoms with van der Waals surface area (Å²) in [6.45, 7) is 7.85. The van der Waals surface area contributed by atoms with Crippen LogP contribution in [0, 0.1) is 19.3 Å². The number of carbonyl (C=O) groups is 3. The van der Waals surface area contributed by atoms with Crippen molar-refractivity contribution in [2.45, 2.75) is 39.5 Å². The lowest BCUT2D eigenvalue weighted by atomic mass is 9.97. The summed E-state index contributed by atoms with van der Waals surface area (Å²) in [6.07, 6.45) is 0. The molecule has 0 fully saturated rings. The molecule has 0 aliphatic heterocycles. The van der Waals surface area contributed by atoms with Crippen LogP contribution >= 0.6 is 0 Å². The topological polar surface area (TPSA) is 139 Å². The van der Waals surface area contributed by atoms with Crippen LogP contribution < -0.4 is 14.8 Å². The first-order valence-electron chi connectivity index (χ1n) is 9.67. The number of ether oxygens (including phenoxy) is 1. The molecule has 0 unspecified atom stereocenters. The van der Waals surface area contributed by atoms with Gasteiger partial charge in [0.05, 0.1) is 21.6 Å². The van der Waals surface area contributed by atoms with E-state index in [9.17, 15) is 22.8 Å². The summed E-state index contributed by atoms with van der Waals surface area (Å²) in [5.74, 6) is -2.16. The molecule has 0 aromatic heterocycles. The zero-order chi connectivity index (χ0) is 24.3. The normalized spacial score (nSPS) is 11.5. The highest BCUT2D eigenvalue weighted by Crippen LogP contribution is 2.27. The van der Waals surface area contributed by atoms with Crippen LogP contribution in [-0.2, 0) is 19.6 Å². The summed E-state index contributed by atoms with van der Waals surface area (Å²) >= 11 is 0. The fraction of sp³-hybridized carbons (Fsp3) is 0.318. The first-order chi connectivity index (χ1) is 14.7. The number of sulfonamides is 1. The van der Waals surface area contributed by atoms with Crippen LogP contribution in [0.25, 0.3) is 0 Å². The number of aryl methyl sites for hydroxylation is 2. The zero-order valence-electron chi connectivity index (χ0n) is 18.5. The standard InChI is InChI=1S/C22H26N2O7S/c1-13-6-8-17(16(10-13)20(27)23-12-19(25)26)24-32(29,30)15-7-9-18(14(2)11-15)31-21(28)22(3,4)5/h6-11,24H,12H2,1-5H3,(H,23,27)(H,25,26). The Balaban J connectivity index is 2.32. The van der Waals surface area contributed by atoms with Crippen LogP contribution in [0.1, 0.15) is 42.3 Å². The van der Waals surface area contributed by atoms with E-state index in [-0.39, 0.29) is 21.9 Å². The third-order valence-electron chi connectivity index (χ3n) is 4.34. The monoisotopic (exact) mass is 462 g/mol. The molecule has 0 aliphatic rings. The number of carbonyl (C=O) groups excluding carboxylic acids is 2. The second-order valence-corrected chi connectivity index (χ2v) is 9.98. The van der Waals surface area contributed by atoms with Crippen LogP contribution in [0.4, 0.5) is 5.69 Å². The Kier molecular flexibility index (Phi) is 7.30. The number of nitrogens with one attached hydrogen (secondary N) is 2. The molecule has 0 bridgehead atoms. The van der Waals surface area contributed by atoms with Crippen molar-refractivity contribution in [1.29, 1.82) is 0 Å². The van der Waals surface area contributed by atoms with Crippen LogP contribution in [0.3, 0.4) is 0 Å². The molecule has 0 atom stereocenters. The van der Waals surface area contributed by atoms with E-state index in [0.29, 0.717) is 11.1 Å². The third kappa shape index (κ3) is 6.30. The van der Waals surface area contributed by atoms with Crippen LogP contribution in [0.5, 0.6) is 5.75 Å². The molecule has 0 radical (unpaired) electrons. The van der Waals surface area contributed by atoms with Gasteiger partial charge in [0.1, 0.15) is 12.3 Å². The number of carboxylic acids is 1. The fourth-order valence-electron chi connectivity index (χ4n) is 2.55. The third-order valence-corrected chi connectivity index (χ3v) is 5.70. The molecule has 0 spiro atoms.